The molecule has 1 fully saturated rings. The van der Waals surface area contributed by atoms with Crippen molar-refractivity contribution in [1.82, 2.24) is 4.90 Å². The molecule has 100 valence electrons. The third kappa shape index (κ3) is 6.03. The van der Waals surface area contributed by atoms with Crippen molar-refractivity contribution in [2.75, 3.05) is 19.7 Å². The summed E-state index contributed by atoms with van der Waals surface area (Å²) < 4.78 is 5.67. The number of hydrogen-bond donors (Lipinski definition) is 1. The van der Waals surface area contributed by atoms with Crippen molar-refractivity contribution in [3.8, 4) is 0 Å². The highest BCUT2D eigenvalue weighted by molar-refractivity contribution is 5.69. The number of aliphatic carboxylic acids is 1. The molecule has 0 atom stereocenters. The summed E-state index contributed by atoms with van der Waals surface area (Å²) in [7, 11) is 0. The number of nitrogens with zero attached hydrogens (tertiary/aromatic N) is 1. The zero-order valence-corrected chi connectivity index (χ0v) is 11.2. The van der Waals surface area contributed by atoms with E-state index in [0.717, 1.165) is 12.8 Å². The van der Waals surface area contributed by atoms with E-state index in [0.29, 0.717) is 19.2 Å². The summed E-state index contributed by atoms with van der Waals surface area (Å²) in [5.74, 6) is -0.743. The van der Waals surface area contributed by atoms with Crippen LogP contribution in [-0.2, 0) is 9.53 Å². The van der Waals surface area contributed by atoms with Gasteiger partial charge in [-0.1, -0.05) is 12.8 Å². The predicted octanol–water partition coefficient (Wildman–Crippen LogP) is 2.13. The number of ether oxygens (including phenoxy) is 1. The van der Waals surface area contributed by atoms with Gasteiger partial charge in [0, 0.05) is 12.6 Å². The summed E-state index contributed by atoms with van der Waals surface area (Å²) >= 11 is 0. The Labute approximate surface area is 104 Å². The van der Waals surface area contributed by atoms with Crippen LogP contribution in [0.4, 0.5) is 0 Å². The summed E-state index contributed by atoms with van der Waals surface area (Å²) in [6.07, 6.45) is 4.70. The average molecular weight is 243 g/mol. The lowest BCUT2D eigenvalue weighted by Gasteiger charge is -2.28. The lowest BCUT2D eigenvalue weighted by molar-refractivity contribution is -0.139. The van der Waals surface area contributed by atoms with Crippen LogP contribution in [0.25, 0.3) is 0 Å². The molecule has 4 heteroatoms. The van der Waals surface area contributed by atoms with E-state index in [9.17, 15) is 4.79 Å². The maximum Gasteiger partial charge on any atom is 0.317 e. The van der Waals surface area contributed by atoms with Gasteiger partial charge in [-0.2, -0.15) is 0 Å². The minimum atomic E-state index is -0.743. The maximum absolute atomic E-state index is 10.8. The van der Waals surface area contributed by atoms with Gasteiger partial charge in [-0.3, -0.25) is 9.69 Å². The Hall–Kier alpha value is -0.610. The number of carboxylic acids is 1. The molecule has 17 heavy (non-hydrogen) atoms. The van der Waals surface area contributed by atoms with Gasteiger partial charge in [0.05, 0.1) is 18.8 Å². The molecule has 0 radical (unpaired) electrons. The summed E-state index contributed by atoms with van der Waals surface area (Å²) in [6, 6.07) is 0.440. The monoisotopic (exact) mass is 243 g/mol. The van der Waals surface area contributed by atoms with Crippen LogP contribution in [0.3, 0.4) is 0 Å². The van der Waals surface area contributed by atoms with Crippen LogP contribution in [-0.4, -0.2) is 47.3 Å². The summed E-state index contributed by atoms with van der Waals surface area (Å²) in [5, 5.41) is 8.92. The third-order valence-corrected chi connectivity index (χ3v) is 3.09. The largest absolute Gasteiger partial charge is 0.480 e. The van der Waals surface area contributed by atoms with E-state index in [-0.39, 0.29) is 12.1 Å². The van der Waals surface area contributed by atoms with Crippen LogP contribution < -0.4 is 0 Å². The molecule has 1 aliphatic carbocycles. The second-order valence-electron chi connectivity index (χ2n) is 5.76. The first-order valence-corrected chi connectivity index (χ1v) is 6.48. The normalized spacial score (nSPS) is 17.9. The van der Waals surface area contributed by atoms with E-state index in [4.69, 9.17) is 9.84 Å². The molecular weight excluding hydrogens is 218 g/mol. The lowest BCUT2D eigenvalue weighted by atomic mass is 10.2. The van der Waals surface area contributed by atoms with Crippen LogP contribution >= 0.6 is 0 Å². The fraction of sp³-hybridized carbons (Fsp3) is 0.923. The topological polar surface area (TPSA) is 49.8 Å². The molecule has 0 heterocycles. The molecule has 1 aliphatic rings. The van der Waals surface area contributed by atoms with Crippen molar-refractivity contribution in [2.24, 2.45) is 0 Å². The molecule has 0 saturated heterocycles. The van der Waals surface area contributed by atoms with E-state index in [2.05, 4.69) is 4.90 Å². The van der Waals surface area contributed by atoms with Gasteiger partial charge in [-0.15, -0.1) is 0 Å². The summed E-state index contributed by atoms with van der Waals surface area (Å²) in [6.45, 7) is 7.51. The highest BCUT2D eigenvalue weighted by Gasteiger charge is 2.24. The van der Waals surface area contributed by atoms with E-state index in [1.165, 1.54) is 12.8 Å². The molecule has 0 amide bonds. The molecule has 0 aromatic rings. The Bertz CT molecular complexity index is 242. The number of rotatable bonds is 6. The van der Waals surface area contributed by atoms with Gasteiger partial charge >= 0.3 is 5.97 Å². The van der Waals surface area contributed by atoms with E-state index in [1.807, 2.05) is 20.8 Å². The standard InChI is InChI=1S/C13H25NO3/c1-13(2,3)17-9-8-14(10-12(15)16)11-6-4-5-7-11/h11H,4-10H2,1-3H3,(H,15,16). The minimum Gasteiger partial charge on any atom is -0.480 e. The third-order valence-electron chi connectivity index (χ3n) is 3.09. The lowest BCUT2D eigenvalue weighted by Crippen LogP contribution is -2.40. The van der Waals surface area contributed by atoms with Crippen molar-refractivity contribution in [2.45, 2.75) is 58.1 Å². The fourth-order valence-corrected chi connectivity index (χ4v) is 2.30. The number of carbonyl (C=O) groups is 1. The number of carboxylic acid groups (broad SMARTS) is 1. The molecule has 0 unspecified atom stereocenters. The van der Waals surface area contributed by atoms with Crippen LogP contribution in [0.2, 0.25) is 0 Å². The Balaban J connectivity index is 2.37. The van der Waals surface area contributed by atoms with Gasteiger partial charge in [-0.25, -0.2) is 0 Å². The van der Waals surface area contributed by atoms with Crippen LogP contribution in [0, 0.1) is 0 Å². The molecule has 0 aromatic heterocycles. The molecule has 0 aliphatic heterocycles. The first kappa shape index (κ1) is 14.5. The van der Waals surface area contributed by atoms with Gasteiger partial charge in [0.15, 0.2) is 0 Å². The second kappa shape index (κ2) is 6.36. The van der Waals surface area contributed by atoms with Crippen molar-refractivity contribution < 1.29 is 14.6 Å². The molecule has 0 aromatic carbocycles. The molecule has 1 saturated carbocycles. The Morgan fingerprint density at radius 2 is 1.94 bits per heavy atom. The molecular formula is C13H25NO3. The second-order valence-corrected chi connectivity index (χ2v) is 5.76. The van der Waals surface area contributed by atoms with Gasteiger partial charge in [0.25, 0.3) is 0 Å². The van der Waals surface area contributed by atoms with Crippen molar-refractivity contribution in [1.29, 1.82) is 0 Å². The van der Waals surface area contributed by atoms with Crippen molar-refractivity contribution >= 4 is 5.97 Å². The fourth-order valence-electron chi connectivity index (χ4n) is 2.30. The van der Waals surface area contributed by atoms with Gasteiger partial charge in [0.1, 0.15) is 0 Å². The molecule has 1 N–H and O–H groups in total. The SMILES string of the molecule is CC(C)(C)OCCN(CC(=O)O)C1CCCC1. The summed E-state index contributed by atoms with van der Waals surface area (Å²) in [5.41, 5.74) is -0.148. The molecule has 0 bridgehead atoms. The highest BCUT2D eigenvalue weighted by atomic mass is 16.5. The van der Waals surface area contributed by atoms with Crippen LogP contribution in [0.15, 0.2) is 0 Å². The van der Waals surface area contributed by atoms with Crippen molar-refractivity contribution in [3.63, 3.8) is 0 Å². The van der Waals surface area contributed by atoms with E-state index in [1.54, 1.807) is 0 Å². The smallest absolute Gasteiger partial charge is 0.317 e. The van der Waals surface area contributed by atoms with Crippen molar-refractivity contribution in [3.05, 3.63) is 0 Å². The van der Waals surface area contributed by atoms with Crippen LogP contribution in [0.1, 0.15) is 46.5 Å². The van der Waals surface area contributed by atoms with Crippen LogP contribution in [0.5, 0.6) is 0 Å². The first-order valence-electron chi connectivity index (χ1n) is 6.48. The minimum absolute atomic E-state index is 0.137. The summed E-state index contributed by atoms with van der Waals surface area (Å²) in [4.78, 5) is 12.9. The maximum atomic E-state index is 10.8. The molecule has 1 rings (SSSR count). The molecule has 0 spiro atoms. The highest BCUT2D eigenvalue weighted by Crippen LogP contribution is 2.23. The van der Waals surface area contributed by atoms with Gasteiger partial charge in [0.2, 0.25) is 0 Å². The Kier molecular flexibility index (Phi) is 5.40. The van der Waals surface area contributed by atoms with E-state index < -0.39 is 5.97 Å². The zero-order valence-electron chi connectivity index (χ0n) is 11.2. The Morgan fingerprint density at radius 3 is 2.41 bits per heavy atom. The first-order chi connectivity index (χ1) is 7.88. The van der Waals surface area contributed by atoms with Gasteiger partial charge < -0.3 is 9.84 Å². The molecule has 4 nitrogen and oxygen atoms in total. The predicted molar refractivity (Wildman–Crippen MR) is 67.2 cm³/mol. The average Bonchev–Trinajstić information content (AvgIpc) is 2.66. The Morgan fingerprint density at radius 1 is 1.35 bits per heavy atom. The van der Waals surface area contributed by atoms with Gasteiger partial charge in [-0.05, 0) is 33.6 Å². The van der Waals surface area contributed by atoms with E-state index >= 15 is 0 Å². The quantitative estimate of drug-likeness (QED) is 0.776. The zero-order chi connectivity index (χ0) is 12.9. The number of hydrogen-bond acceptors (Lipinski definition) is 3.